The Balaban J connectivity index is 1.89. The molecule has 0 radical (unpaired) electrons. The molecule has 6 nitrogen and oxygen atoms in total. The monoisotopic (exact) mass is 333 g/mol. The Bertz CT molecular complexity index is 571. The molecule has 1 aromatic carbocycles. The number of carbonyl (C=O) groups excluding carboxylic acids is 2. The van der Waals surface area contributed by atoms with Gasteiger partial charge in [0.1, 0.15) is 5.75 Å². The maximum atomic E-state index is 12.2. The number of benzene rings is 1. The van der Waals surface area contributed by atoms with E-state index in [9.17, 15) is 9.59 Å². The van der Waals surface area contributed by atoms with Crippen molar-refractivity contribution in [2.45, 2.75) is 45.2 Å². The number of methoxy groups -OCH3 is 1. The highest BCUT2D eigenvalue weighted by Crippen LogP contribution is 2.29. The van der Waals surface area contributed by atoms with Crippen molar-refractivity contribution in [1.29, 1.82) is 0 Å². The minimum Gasteiger partial charge on any atom is -0.497 e. The maximum Gasteiger partial charge on any atom is 0.321 e. The van der Waals surface area contributed by atoms with Crippen molar-refractivity contribution >= 4 is 11.9 Å². The fraction of sp³-hybridized carbons (Fsp3) is 0.556. The maximum absolute atomic E-state index is 12.2. The predicted molar refractivity (Wildman–Crippen MR) is 93.2 cm³/mol. The van der Waals surface area contributed by atoms with E-state index in [2.05, 4.69) is 27.7 Å². The molecule has 1 aliphatic rings. The van der Waals surface area contributed by atoms with Gasteiger partial charge >= 0.3 is 6.03 Å². The molecule has 0 aliphatic carbocycles. The van der Waals surface area contributed by atoms with Gasteiger partial charge in [0.05, 0.1) is 13.2 Å². The second-order valence-electron chi connectivity index (χ2n) is 6.55. The number of ether oxygens (including phenoxy) is 1. The minimum atomic E-state index is -0.437. The van der Waals surface area contributed by atoms with E-state index in [-0.39, 0.29) is 18.0 Å². The van der Waals surface area contributed by atoms with Crippen LogP contribution in [0.15, 0.2) is 24.3 Å². The second kappa shape index (κ2) is 8.15. The molecule has 0 bridgehead atoms. The first-order valence-corrected chi connectivity index (χ1v) is 8.40. The molecule has 2 rings (SSSR count). The molecule has 0 spiro atoms. The van der Waals surface area contributed by atoms with E-state index in [1.165, 1.54) is 5.56 Å². The first-order valence-electron chi connectivity index (χ1n) is 8.40. The Hall–Kier alpha value is -2.08. The Morgan fingerprint density at radius 3 is 2.46 bits per heavy atom. The highest BCUT2D eigenvalue weighted by molar-refractivity contribution is 5.96. The standard InChI is InChI=1S/C18H27N3O3/c1-12(2)19-18(23)20-17(22)13(3)21-10-9-15(11-21)14-5-7-16(24-4)8-6-14/h5-8,12-13,15H,9-11H2,1-4H3,(H2,19,20,22,23)/t13-,15-/m0/s1. The molecule has 2 N–H and O–H groups in total. The van der Waals surface area contributed by atoms with E-state index in [0.29, 0.717) is 5.92 Å². The summed E-state index contributed by atoms with van der Waals surface area (Å²) in [6.07, 6.45) is 1.00. The van der Waals surface area contributed by atoms with Crippen LogP contribution in [0.2, 0.25) is 0 Å². The second-order valence-corrected chi connectivity index (χ2v) is 6.55. The van der Waals surface area contributed by atoms with Gasteiger partial charge < -0.3 is 10.1 Å². The molecule has 0 unspecified atom stereocenters. The van der Waals surface area contributed by atoms with Crippen LogP contribution in [0.25, 0.3) is 0 Å². The molecule has 0 saturated carbocycles. The molecule has 1 fully saturated rings. The van der Waals surface area contributed by atoms with Gasteiger partial charge in [0.25, 0.3) is 0 Å². The summed E-state index contributed by atoms with van der Waals surface area (Å²) in [5.41, 5.74) is 1.25. The molecule has 1 saturated heterocycles. The lowest BCUT2D eigenvalue weighted by molar-refractivity contribution is -0.124. The first kappa shape index (κ1) is 18.3. The van der Waals surface area contributed by atoms with Crippen molar-refractivity contribution in [2.24, 2.45) is 0 Å². The van der Waals surface area contributed by atoms with Gasteiger partial charge in [-0.1, -0.05) is 12.1 Å². The average Bonchev–Trinajstić information content (AvgIpc) is 3.03. The van der Waals surface area contributed by atoms with Crippen LogP contribution in [0.1, 0.15) is 38.7 Å². The van der Waals surface area contributed by atoms with E-state index in [1.54, 1.807) is 7.11 Å². The van der Waals surface area contributed by atoms with Crippen molar-refractivity contribution in [1.82, 2.24) is 15.5 Å². The fourth-order valence-corrected chi connectivity index (χ4v) is 2.97. The number of nitrogens with zero attached hydrogens (tertiary/aromatic N) is 1. The Morgan fingerprint density at radius 2 is 1.88 bits per heavy atom. The van der Waals surface area contributed by atoms with E-state index < -0.39 is 6.03 Å². The fourth-order valence-electron chi connectivity index (χ4n) is 2.97. The predicted octanol–water partition coefficient (Wildman–Crippen LogP) is 2.11. The summed E-state index contributed by atoms with van der Waals surface area (Å²) in [6, 6.07) is 7.31. The first-order chi connectivity index (χ1) is 11.4. The summed E-state index contributed by atoms with van der Waals surface area (Å²) in [5.74, 6) is 0.983. The van der Waals surface area contributed by atoms with Crippen molar-refractivity contribution in [3.05, 3.63) is 29.8 Å². The van der Waals surface area contributed by atoms with Gasteiger partial charge in [-0.3, -0.25) is 15.0 Å². The lowest BCUT2D eigenvalue weighted by Crippen LogP contribution is -2.50. The van der Waals surface area contributed by atoms with Crippen LogP contribution in [0.3, 0.4) is 0 Å². The number of carbonyl (C=O) groups is 2. The molecule has 1 heterocycles. The third kappa shape index (κ3) is 4.71. The summed E-state index contributed by atoms with van der Waals surface area (Å²) < 4.78 is 5.19. The Labute approximate surface area is 143 Å². The zero-order valence-corrected chi connectivity index (χ0v) is 14.8. The van der Waals surface area contributed by atoms with Crippen molar-refractivity contribution in [3.8, 4) is 5.75 Å². The number of nitrogens with one attached hydrogen (secondary N) is 2. The lowest BCUT2D eigenvalue weighted by atomic mass is 9.98. The summed E-state index contributed by atoms with van der Waals surface area (Å²) in [4.78, 5) is 26.0. The third-order valence-corrected chi connectivity index (χ3v) is 4.39. The van der Waals surface area contributed by atoms with Gasteiger partial charge in [-0.25, -0.2) is 4.79 Å². The summed E-state index contributed by atoms with van der Waals surface area (Å²) >= 11 is 0. The van der Waals surface area contributed by atoms with Crippen LogP contribution >= 0.6 is 0 Å². The topological polar surface area (TPSA) is 70.7 Å². The van der Waals surface area contributed by atoms with E-state index in [1.807, 2.05) is 32.9 Å². The average molecular weight is 333 g/mol. The Morgan fingerprint density at radius 1 is 1.21 bits per heavy atom. The van der Waals surface area contributed by atoms with Crippen LogP contribution in [-0.4, -0.2) is 49.1 Å². The number of imide groups is 1. The molecular weight excluding hydrogens is 306 g/mol. The van der Waals surface area contributed by atoms with Gasteiger partial charge in [-0.05, 0) is 57.4 Å². The minimum absolute atomic E-state index is 0.000606. The van der Waals surface area contributed by atoms with E-state index in [4.69, 9.17) is 4.74 Å². The molecule has 0 aromatic heterocycles. The zero-order chi connectivity index (χ0) is 17.7. The summed E-state index contributed by atoms with van der Waals surface area (Å²) in [5, 5.41) is 5.07. The zero-order valence-electron chi connectivity index (χ0n) is 14.8. The molecule has 3 amide bonds. The van der Waals surface area contributed by atoms with Crippen LogP contribution in [-0.2, 0) is 4.79 Å². The quantitative estimate of drug-likeness (QED) is 0.866. The van der Waals surface area contributed by atoms with Crippen LogP contribution in [0.5, 0.6) is 5.75 Å². The molecular formula is C18H27N3O3. The highest BCUT2D eigenvalue weighted by Gasteiger charge is 2.31. The van der Waals surface area contributed by atoms with Crippen LogP contribution in [0, 0.1) is 0 Å². The molecule has 2 atom stereocenters. The van der Waals surface area contributed by atoms with Gasteiger partial charge in [0.15, 0.2) is 0 Å². The van der Waals surface area contributed by atoms with E-state index in [0.717, 1.165) is 25.3 Å². The lowest BCUT2D eigenvalue weighted by Gasteiger charge is -2.23. The summed E-state index contributed by atoms with van der Waals surface area (Å²) in [7, 11) is 1.65. The number of hydrogen-bond donors (Lipinski definition) is 2. The number of likely N-dealkylation sites (tertiary alicyclic amines) is 1. The Kier molecular flexibility index (Phi) is 6.20. The highest BCUT2D eigenvalue weighted by atomic mass is 16.5. The normalized spacial score (nSPS) is 19.1. The van der Waals surface area contributed by atoms with Gasteiger partial charge in [-0.2, -0.15) is 0 Å². The van der Waals surface area contributed by atoms with Crippen LogP contribution < -0.4 is 15.4 Å². The van der Waals surface area contributed by atoms with Gasteiger partial charge in [0, 0.05) is 12.6 Å². The molecule has 6 heteroatoms. The van der Waals surface area contributed by atoms with Crippen LogP contribution in [0.4, 0.5) is 4.79 Å². The summed E-state index contributed by atoms with van der Waals surface area (Å²) in [6.45, 7) is 7.21. The molecule has 1 aliphatic heterocycles. The number of hydrogen-bond acceptors (Lipinski definition) is 4. The molecule has 132 valence electrons. The smallest absolute Gasteiger partial charge is 0.321 e. The largest absolute Gasteiger partial charge is 0.497 e. The van der Waals surface area contributed by atoms with E-state index >= 15 is 0 Å². The SMILES string of the molecule is COc1ccc([C@H]2CCN([C@@H](C)C(=O)NC(=O)NC(C)C)C2)cc1. The molecule has 24 heavy (non-hydrogen) atoms. The van der Waals surface area contributed by atoms with Crippen molar-refractivity contribution in [2.75, 3.05) is 20.2 Å². The molecule has 1 aromatic rings. The third-order valence-electron chi connectivity index (χ3n) is 4.39. The van der Waals surface area contributed by atoms with Crippen molar-refractivity contribution < 1.29 is 14.3 Å². The number of amides is 3. The van der Waals surface area contributed by atoms with Gasteiger partial charge in [0.2, 0.25) is 5.91 Å². The van der Waals surface area contributed by atoms with Gasteiger partial charge in [-0.15, -0.1) is 0 Å². The number of rotatable bonds is 5. The van der Waals surface area contributed by atoms with Crippen molar-refractivity contribution in [3.63, 3.8) is 0 Å². The number of urea groups is 1.